The maximum absolute atomic E-state index is 13.5. The van der Waals surface area contributed by atoms with Crippen molar-refractivity contribution >= 4 is 6.09 Å². The van der Waals surface area contributed by atoms with Crippen LogP contribution < -0.4 is 0 Å². The summed E-state index contributed by atoms with van der Waals surface area (Å²) >= 11 is 0. The van der Waals surface area contributed by atoms with Crippen LogP contribution in [-0.2, 0) is 11.3 Å². The van der Waals surface area contributed by atoms with Crippen LogP contribution in [-0.4, -0.2) is 30.3 Å². The number of hydrogen-bond donors (Lipinski definition) is 0. The maximum atomic E-state index is 13.5. The second-order valence-electron chi connectivity index (χ2n) is 4.77. The average Bonchev–Trinajstić information content (AvgIpc) is 2.40. The molecule has 0 spiro atoms. The van der Waals surface area contributed by atoms with Gasteiger partial charge in [0.15, 0.2) is 0 Å². The van der Waals surface area contributed by atoms with E-state index in [1.807, 2.05) is 37.3 Å². The molecule has 3 nitrogen and oxygen atoms in total. The van der Waals surface area contributed by atoms with E-state index in [-0.39, 0.29) is 19.1 Å². The van der Waals surface area contributed by atoms with Crippen molar-refractivity contribution in [3.8, 4) is 0 Å². The van der Waals surface area contributed by atoms with E-state index >= 15 is 0 Å². The third-order valence-corrected chi connectivity index (χ3v) is 3.33. The molecule has 0 N–H and O–H groups in total. The minimum absolute atomic E-state index is 0.0307. The first-order valence-electron chi connectivity index (χ1n) is 6.26. The molecule has 1 aliphatic heterocycles. The Bertz CT molecular complexity index is 396. The van der Waals surface area contributed by atoms with Gasteiger partial charge in [0, 0.05) is 6.54 Å². The Morgan fingerprint density at radius 2 is 2.17 bits per heavy atom. The van der Waals surface area contributed by atoms with Crippen molar-refractivity contribution in [2.75, 3.05) is 13.1 Å². The molecule has 1 saturated heterocycles. The lowest BCUT2D eigenvalue weighted by atomic mass is 9.98. The Morgan fingerprint density at radius 1 is 1.44 bits per heavy atom. The molecule has 98 valence electrons. The zero-order valence-electron chi connectivity index (χ0n) is 10.5. The lowest BCUT2D eigenvalue weighted by Crippen LogP contribution is -2.44. The highest BCUT2D eigenvalue weighted by atomic mass is 19.1. The molecule has 1 heterocycles. The molecule has 0 radical (unpaired) electrons. The predicted molar refractivity (Wildman–Crippen MR) is 66.9 cm³/mol. The van der Waals surface area contributed by atoms with Gasteiger partial charge in [0.25, 0.3) is 0 Å². The van der Waals surface area contributed by atoms with Crippen molar-refractivity contribution in [3.63, 3.8) is 0 Å². The highest BCUT2D eigenvalue weighted by Crippen LogP contribution is 2.20. The Balaban J connectivity index is 1.82. The van der Waals surface area contributed by atoms with E-state index in [4.69, 9.17) is 4.74 Å². The quantitative estimate of drug-likeness (QED) is 0.808. The van der Waals surface area contributed by atoms with Crippen LogP contribution in [0.2, 0.25) is 0 Å². The van der Waals surface area contributed by atoms with Crippen LogP contribution in [0.3, 0.4) is 0 Å². The number of hydrogen-bond acceptors (Lipinski definition) is 2. The van der Waals surface area contributed by atoms with Crippen molar-refractivity contribution in [2.45, 2.75) is 26.1 Å². The van der Waals surface area contributed by atoms with Gasteiger partial charge in [-0.3, -0.25) is 0 Å². The number of benzene rings is 1. The van der Waals surface area contributed by atoms with Crippen LogP contribution in [0.1, 0.15) is 18.9 Å². The summed E-state index contributed by atoms with van der Waals surface area (Å²) in [6.07, 6.45) is -0.668. The Morgan fingerprint density at radius 3 is 2.83 bits per heavy atom. The second-order valence-corrected chi connectivity index (χ2v) is 4.77. The zero-order chi connectivity index (χ0) is 13.0. The van der Waals surface area contributed by atoms with Crippen molar-refractivity contribution < 1.29 is 13.9 Å². The fourth-order valence-corrected chi connectivity index (χ4v) is 2.00. The summed E-state index contributed by atoms with van der Waals surface area (Å²) in [6.45, 7) is 2.84. The molecule has 1 fully saturated rings. The van der Waals surface area contributed by atoms with Gasteiger partial charge in [0.1, 0.15) is 12.8 Å². The predicted octanol–water partition coefficient (Wildman–Crippen LogP) is 3.00. The number of halogens is 1. The van der Waals surface area contributed by atoms with Crippen LogP contribution in [0, 0.1) is 5.92 Å². The number of nitrogens with zero attached hydrogens (tertiary/aromatic N) is 1. The van der Waals surface area contributed by atoms with Gasteiger partial charge in [-0.25, -0.2) is 9.18 Å². The molecule has 0 aliphatic carbocycles. The van der Waals surface area contributed by atoms with Crippen molar-refractivity contribution in [1.82, 2.24) is 4.90 Å². The minimum Gasteiger partial charge on any atom is -0.445 e. The first-order chi connectivity index (χ1) is 8.66. The second kappa shape index (κ2) is 5.85. The van der Waals surface area contributed by atoms with E-state index in [1.165, 1.54) is 4.90 Å². The summed E-state index contributed by atoms with van der Waals surface area (Å²) in [7, 11) is 0. The van der Waals surface area contributed by atoms with Gasteiger partial charge >= 0.3 is 6.09 Å². The third-order valence-electron chi connectivity index (χ3n) is 3.33. The number of amides is 1. The van der Waals surface area contributed by atoms with Crippen LogP contribution >= 0.6 is 0 Å². The van der Waals surface area contributed by atoms with E-state index in [1.54, 1.807) is 0 Å². The number of alkyl halides is 1. The molecule has 2 rings (SSSR count). The summed E-state index contributed by atoms with van der Waals surface area (Å²) in [5, 5.41) is 0. The minimum atomic E-state index is -0.942. The maximum Gasteiger partial charge on any atom is 0.410 e. The molecule has 4 heteroatoms. The van der Waals surface area contributed by atoms with E-state index in [0.29, 0.717) is 13.0 Å². The molecule has 0 unspecified atom stereocenters. The largest absolute Gasteiger partial charge is 0.445 e. The van der Waals surface area contributed by atoms with E-state index in [2.05, 4.69) is 0 Å². The van der Waals surface area contributed by atoms with Gasteiger partial charge in [-0.1, -0.05) is 37.3 Å². The number of ether oxygens (including phenoxy) is 1. The number of piperidine rings is 1. The monoisotopic (exact) mass is 251 g/mol. The number of likely N-dealkylation sites (tertiary alicyclic amines) is 1. The zero-order valence-corrected chi connectivity index (χ0v) is 10.5. The number of carbonyl (C=O) groups is 1. The molecule has 1 aliphatic rings. The fourth-order valence-electron chi connectivity index (χ4n) is 2.00. The number of carbonyl (C=O) groups excluding carboxylic acids is 1. The van der Waals surface area contributed by atoms with Crippen LogP contribution in [0.15, 0.2) is 30.3 Å². The van der Waals surface area contributed by atoms with Crippen molar-refractivity contribution in [2.24, 2.45) is 5.92 Å². The normalized spacial score (nSPS) is 23.8. The van der Waals surface area contributed by atoms with Gasteiger partial charge in [0.2, 0.25) is 0 Å². The fraction of sp³-hybridized carbons (Fsp3) is 0.500. The highest BCUT2D eigenvalue weighted by molar-refractivity contribution is 5.67. The Kier molecular flexibility index (Phi) is 4.18. The summed E-state index contributed by atoms with van der Waals surface area (Å²) < 4.78 is 18.7. The molecular weight excluding hydrogens is 233 g/mol. The van der Waals surface area contributed by atoms with Crippen molar-refractivity contribution in [1.29, 1.82) is 0 Å². The summed E-state index contributed by atoms with van der Waals surface area (Å²) in [5.74, 6) is 0.0307. The van der Waals surface area contributed by atoms with E-state index in [0.717, 1.165) is 5.56 Å². The summed E-state index contributed by atoms with van der Waals surface area (Å²) in [5.41, 5.74) is 0.938. The van der Waals surface area contributed by atoms with E-state index < -0.39 is 12.3 Å². The van der Waals surface area contributed by atoms with Gasteiger partial charge in [-0.2, -0.15) is 0 Å². The lowest BCUT2D eigenvalue weighted by Gasteiger charge is -2.32. The molecule has 1 amide bonds. The van der Waals surface area contributed by atoms with Crippen molar-refractivity contribution in [3.05, 3.63) is 35.9 Å². The van der Waals surface area contributed by atoms with Crippen LogP contribution in [0.5, 0.6) is 0 Å². The number of rotatable bonds is 2. The molecular formula is C14H18FNO2. The van der Waals surface area contributed by atoms with Crippen LogP contribution in [0.4, 0.5) is 9.18 Å². The molecule has 1 aromatic rings. The van der Waals surface area contributed by atoms with Gasteiger partial charge in [-0.15, -0.1) is 0 Å². The molecule has 1 aromatic carbocycles. The molecule has 0 bridgehead atoms. The average molecular weight is 251 g/mol. The molecule has 2 atom stereocenters. The SMILES string of the molecule is C[C@@H]1CCN(C(=O)OCc2ccccc2)C[C@@H]1F. The first-order valence-corrected chi connectivity index (χ1v) is 6.26. The Hall–Kier alpha value is -1.58. The topological polar surface area (TPSA) is 29.5 Å². The van der Waals surface area contributed by atoms with E-state index in [9.17, 15) is 9.18 Å². The smallest absolute Gasteiger partial charge is 0.410 e. The summed E-state index contributed by atoms with van der Waals surface area (Å²) in [4.78, 5) is 13.2. The van der Waals surface area contributed by atoms with Gasteiger partial charge in [-0.05, 0) is 17.9 Å². The lowest BCUT2D eigenvalue weighted by molar-refractivity contribution is 0.0556. The first kappa shape index (κ1) is 12.9. The third kappa shape index (κ3) is 3.22. The summed E-state index contributed by atoms with van der Waals surface area (Å²) in [6, 6.07) is 9.48. The highest BCUT2D eigenvalue weighted by Gasteiger charge is 2.29. The standard InChI is InChI=1S/C14H18FNO2/c1-11-7-8-16(9-13(11)15)14(17)18-10-12-5-3-2-4-6-12/h2-6,11,13H,7-10H2,1H3/t11-,13+/m1/s1. The van der Waals surface area contributed by atoms with Gasteiger partial charge < -0.3 is 9.64 Å². The van der Waals surface area contributed by atoms with Gasteiger partial charge in [0.05, 0.1) is 6.54 Å². The molecule has 0 saturated carbocycles. The van der Waals surface area contributed by atoms with Crippen LogP contribution in [0.25, 0.3) is 0 Å². The molecule has 18 heavy (non-hydrogen) atoms. The molecule has 0 aromatic heterocycles. The Labute approximate surface area is 107 Å².